The lowest BCUT2D eigenvalue weighted by Gasteiger charge is -2.31. The van der Waals surface area contributed by atoms with E-state index >= 15 is 0 Å². The van der Waals surface area contributed by atoms with Gasteiger partial charge in [-0.3, -0.25) is 18.9 Å². The Labute approximate surface area is 223 Å². The average Bonchev–Trinajstić information content (AvgIpc) is 3.56. The third-order valence-electron chi connectivity index (χ3n) is 7.33. The van der Waals surface area contributed by atoms with E-state index in [0.717, 1.165) is 35.4 Å². The second kappa shape index (κ2) is 9.86. The Morgan fingerprint density at radius 2 is 1.87 bits per heavy atom. The van der Waals surface area contributed by atoms with Gasteiger partial charge in [0.25, 0.3) is 5.91 Å². The zero-order chi connectivity index (χ0) is 26.4. The lowest BCUT2D eigenvalue weighted by atomic mass is 9.95. The number of aliphatic hydroxyl groups excluding tert-OH is 1. The van der Waals surface area contributed by atoms with Crippen LogP contribution < -0.4 is 4.74 Å². The van der Waals surface area contributed by atoms with Crippen LogP contribution in [0.25, 0.3) is 16.0 Å². The van der Waals surface area contributed by atoms with Crippen LogP contribution in [-0.2, 0) is 9.53 Å². The van der Waals surface area contributed by atoms with Gasteiger partial charge in [-0.2, -0.15) is 0 Å². The smallest absolute Gasteiger partial charge is 0.290 e. The molecule has 38 heavy (non-hydrogen) atoms. The van der Waals surface area contributed by atoms with E-state index in [9.17, 15) is 14.7 Å². The van der Waals surface area contributed by atoms with Crippen molar-refractivity contribution in [3.05, 3.63) is 76.0 Å². The number of nitrogens with zero attached hydrogens (tertiary/aromatic N) is 4. The minimum absolute atomic E-state index is 0.0963. The summed E-state index contributed by atoms with van der Waals surface area (Å²) < 4.78 is 12.7. The molecule has 2 aliphatic rings. The first-order chi connectivity index (χ1) is 18.5. The summed E-state index contributed by atoms with van der Waals surface area (Å²) in [5.41, 5.74) is 3.33. The van der Waals surface area contributed by atoms with Crippen molar-refractivity contribution in [2.24, 2.45) is 0 Å². The number of hydrogen-bond acceptors (Lipinski definition) is 8. The van der Waals surface area contributed by atoms with Gasteiger partial charge in [-0.1, -0.05) is 35.6 Å². The fourth-order valence-electron chi connectivity index (χ4n) is 5.32. The van der Waals surface area contributed by atoms with E-state index in [4.69, 9.17) is 9.47 Å². The number of aliphatic hydroxyl groups is 1. The molecular formula is C28H28N4O5S. The predicted octanol–water partition coefficient (Wildman–Crippen LogP) is 3.78. The molecule has 0 aliphatic carbocycles. The van der Waals surface area contributed by atoms with Crippen LogP contribution in [0, 0.1) is 6.92 Å². The number of ketones is 1. The van der Waals surface area contributed by atoms with Gasteiger partial charge in [-0.25, -0.2) is 4.98 Å². The first-order valence-corrected chi connectivity index (χ1v) is 13.4. The first-order valence-electron chi connectivity index (χ1n) is 12.6. The minimum Gasteiger partial charge on any atom is -0.503 e. The van der Waals surface area contributed by atoms with Crippen LogP contribution in [0.15, 0.2) is 59.9 Å². The number of aryl methyl sites for hydroxylation is 1. The minimum atomic E-state index is -0.715. The van der Waals surface area contributed by atoms with Crippen molar-refractivity contribution >= 4 is 39.0 Å². The average molecular weight is 533 g/mol. The standard InChI is InChI=1S/C28H28N4O5S/c1-17-26(38-28-29-20-5-3-4-6-21(20)32(17)28)24(33)22-23(18-7-9-19(36-2)10-8-18)31(27(35)25(22)34)12-11-30-13-15-37-16-14-30/h3-10,23,34H,11-16H2,1-2H3. The molecule has 4 heterocycles. The van der Waals surface area contributed by atoms with Gasteiger partial charge in [0, 0.05) is 31.9 Å². The molecule has 196 valence electrons. The molecule has 1 unspecified atom stereocenters. The van der Waals surface area contributed by atoms with E-state index in [2.05, 4.69) is 9.88 Å². The molecule has 2 aromatic heterocycles. The Morgan fingerprint density at radius 1 is 1.13 bits per heavy atom. The van der Waals surface area contributed by atoms with E-state index in [1.807, 2.05) is 47.7 Å². The highest BCUT2D eigenvalue weighted by Crippen LogP contribution is 2.41. The van der Waals surface area contributed by atoms with Crippen LogP contribution in [-0.4, -0.2) is 82.5 Å². The molecule has 1 amide bonds. The number of fused-ring (bicyclic) bond motifs is 3. The zero-order valence-corrected chi connectivity index (χ0v) is 22.0. The number of morpholine rings is 1. The lowest BCUT2D eigenvalue weighted by Crippen LogP contribution is -2.43. The molecule has 1 fully saturated rings. The van der Waals surface area contributed by atoms with Crippen LogP contribution in [0.5, 0.6) is 5.75 Å². The van der Waals surface area contributed by atoms with Crippen molar-refractivity contribution < 1.29 is 24.2 Å². The van der Waals surface area contributed by atoms with Crippen LogP contribution in [0.3, 0.4) is 0 Å². The molecular weight excluding hydrogens is 504 g/mol. The zero-order valence-electron chi connectivity index (χ0n) is 21.2. The predicted molar refractivity (Wildman–Crippen MR) is 144 cm³/mol. The quantitative estimate of drug-likeness (QED) is 0.362. The van der Waals surface area contributed by atoms with Crippen LogP contribution in [0.4, 0.5) is 0 Å². The van der Waals surface area contributed by atoms with Crippen molar-refractivity contribution in [1.82, 2.24) is 19.2 Å². The first kappa shape index (κ1) is 24.6. The van der Waals surface area contributed by atoms with Crippen LogP contribution in [0.1, 0.15) is 27.0 Å². The SMILES string of the molecule is COc1ccc(C2C(C(=O)c3sc4nc5ccccc5n4c3C)=C(O)C(=O)N2CCN2CCOCC2)cc1. The van der Waals surface area contributed by atoms with E-state index in [1.54, 1.807) is 24.1 Å². The van der Waals surface area contributed by atoms with Gasteiger partial charge < -0.3 is 19.5 Å². The Hall–Kier alpha value is -3.73. The van der Waals surface area contributed by atoms with Crippen molar-refractivity contribution in [1.29, 1.82) is 0 Å². The molecule has 1 N–H and O–H groups in total. The third-order valence-corrected chi connectivity index (χ3v) is 8.48. The normalized spacial score (nSPS) is 18.7. The van der Waals surface area contributed by atoms with Crippen LogP contribution in [0.2, 0.25) is 0 Å². The highest BCUT2D eigenvalue weighted by Gasteiger charge is 2.44. The molecule has 2 aromatic carbocycles. The summed E-state index contributed by atoms with van der Waals surface area (Å²) in [5, 5.41) is 11.1. The van der Waals surface area contributed by atoms with E-state index in [0.29, 0.717) is 41.9 Å². The number of hydrogen-bond donors (Lipinski definition) is 1. The molecule has 1 atom stereocenters. The van der Waals surface area contributed by atoms with Gasteiger partial charge in [0.2, 0.25) is 5.78 Å². The molecule has 2 aliphatic heterocycles. The number of carbonyl (C=O) groups is 2. The topological polar surface area (TPSA) is 96.6 Å². The monoisotopic (exact) mass is 532 g/mol. The Bertz CT molecular complexity index is 1570. The summed E-state index contributed by atoms with van der Waals surface area (Å²) >= 11 is 1.27. The molecule has 9 nitrogen and oxygen atoms in total. The summed E-state index contributed by atoms with van der Waals surface area (Å²) in [5.74, 6) is -0.719. The van der Waals surface area contributed by atoms with Gasteiger partial charge in [-0.05, 0) is 36.8 Å². The molecule has 0 bridgehead atoms. The molecule has 10 heteroatoms. The number of thiazole rings is 1. The maximum Gasteiger partial charge on any atom is 0.290 e. The van der Waals surface area contributed by atoms with Crippen molar-refractivity contribution in [2.45, 2.75) is 13.0 Å². The largest absolute Gasteiger partial charge is 0.503 e. The van der Waals surface area contributed by atoms with Gasteiger partial charge in [-0.15, -0.1) is 0 Å². The molecule has 4 aromatic rings. The lowest BCUT2D eigenvalue weighted by molar-refractivity contribution is -0.129. The molecule has 0 saturated carbocycles. The number of methoxy groups -OCH3 is 1. The highest BCUT2D eigenvalue weighted by atomic mass is 32.1. The second-order valence-electron chi connectivity index (χ2n) is 9.45. The van der Waals surface area contributed by atoms with Crippen molar-refractivity contribution in [3.63, 3.8) is 0 Å². The fraction of sp³-hybridized carbons (Fsp3) is 0.321. The number of carbonyl (C=O) groups excluding carboxylic acids is 2. The molecule has 1 saturated heterocycles. The van der Waals surface area contributed by atoms with E-state index in [-0.39, 0.29) is 11.4 Å². The Balaban J connectivity index is 1.39. The molecule has 6 rings (SSSR count). The Morgan fingerprint density at radius 3 is 2.61 bits per heavy atom. The van der Waals surface area contributed by atoms with E-state index < -0.39 is 17.7 Å². The number of imidazole rings is 1. The maximum atomic E-state index is 14.1. The van der Waals surface area contributed by atoms with Crippen molar-refractivity contribution in [2.75, 3.05) is 46.5 Å². The molecule has 0 radical (unpaired) electrons. The Kier molecular flexibility index (Phi) is 6.38. The number of ether oxygens (including phenoxy) is 2. The second-order valence-corrected chi connectivity index (χ2v) is 10.4. The van der Waals surface area contributed by atoms with Gasteiger partial charge >= 0.3 is 0 Å². The van der Waals surface area contributed by atoms with Crippen molar-refractivity contribution in [3.8, 4) is 5.75 Å². The summed E-state index contributed by atoms with van der Waals surface area (Å²) in [4.78, 5) is 37.2. The number of amides is 1. The summed E-state index contributed by atoms with van der Waals surface area (Å²) in [7, 11) is 1.59. The highest BCUT2D eigenvalue weighted by molar-refractivity contribution is 7.19. The van der Waals surface area contributed by atoms with Gasteiger partial charge in [0.1, 0.15) is 5.75 Å². The third kappa shape index (κ3) is 4.05. The number of benzene rings is 2. The number of Topliss-reactive ketones (excluding diaryl/α,β-unsaturated/α-hetero) is 1. The van der Waals surface area contributed by atoms with Crippen LogP contribution >= 0.6 is 11.3 Å². The van der Waals surface area contributed by atoms with Gasteiger partial charge in [0.05, 0.1) is 47.8 Å². The van der Waals surface area contributed by atoms with Gasteiger partial charge in [0.15, 0.2) is 10.7 Å². The maximum absolute atomic E-state index is 14.1. The molecule has 0 spiro atoms. The summed E-state index contributed by atoms with van der Waals surface area (Å²) in [6.07, 6.45) is 0. The fourth-order valence-corrected chi connectivity index (χ4v) is 6.41. The van der Waals surface area contributed by atoms with E-state index in [1.165, 1.54) is 11.3 Å². The number of aromatic nitrogens is 2. The number of para-hydroxylation sites is 2. The summed E-state index contributed by atoms with van der Waals surface area (Å²) in [6, 6.07) is 14.3. The summed E-state index contributed by atoms with van der Waals surface area (Å²) in [6.45, 7) is 5.72. The number of rotatable bonds is 7.